The normalized spacial score (nSPS) is 30.3. The van der Waals surface area contributed by atoms with Gasteiger partial charge in [0, 0.05) is 17.5 Å². The van der Waals surface area contributed by atoms with Crippen molar-refractivity contribution in [3.8, 4) is 0 Å². The third kappa shape index (κ3) is 3.62. The molecule has 2 fully saturated rings. The van der Waals surface area contributed by atoms with Crippen LogP contribution in [0.3, 0.4) is 0 Å². The minimum Gasteiger partial charge on any atom is -0.374 e. The Morgan fingerprint density at radius 3 is 2.78 bits per heavy atom. The maximum absolute atomic E-state index is 14.5. The van der Waals surface area contributed by atoms with Gasteiger partial charge >= 0.3 is 0 Å². The van der Waals surface area contributed by atoms with Gasteiger partial charge in [0.25, 0.3) is 0 Å². The van der Waals surface area contributed by atoms with Gasteiger partial charge in [-0.25, -0.2) is 8.78 Å². The first-order valence-electron chi connectivity index (χ1n) is 9.20. The van der Waals surface area contributed by atoms with Crippen LogP contribution in [0.15, 0.2) is 48.5 Å². The molecule has 0 aliphatic carbocycles. The lowest BCUT2D eigenvalue weighted by Crippen LogP contribution is -2.53. The first kappa shape index (κ1) is 18.5. The van der Waals surface area contributed by atoms with E-state index < -0.39 is 17.2 Å². The molecule has 0 radical (unpaired) electrons. The third-order valence-corrected chi connectivity index (χ3v) is 5.52. The molecule has 27 heavy (non-hydrogen) atoms. The van der Waals surface area contributed by atoms with Crippen LogP contribution in [0.2, 0.25) is 0 Å². The van der Waals surface area contributed by atoms with Crippen molar-refractivity contribution < 1.29 is 23.1 Å². The molecule has 2 saturated heterocycles. The van der Waals surface area contributed by atoms with Crippen molar-refractivity contribution in [2.75, 3.05) is 13.2 Å². The minimum atomic E-state index is -0.812. The lowest BCUT2D eigenvalue weighted by molar-refractivity contribution is -0.100. The summed E-state index contributed by atoms with van der Waals surface area (Å²) in [4.78, 5) is 5.63. The molecular weight excluding hydrogens is 352 g/mol. The number of ether oxygens (including phenoxy) is 2. The zero-order valence-electron chi connectivity index (χ0n) is 15.2. The van der Waals surface area contributed by atoms with Crippen LogP contribution in [0.25, 0.3) is 0 Å². The molecule has 0 amide bonds. The van der Waals surface area contributed by atoms with Crippen LogP contribution in [-0.4, -0.2) is 25.4 Å². The topological polar surface area (TPSA) is 39.7 Å². The van der Waals surface area contributed by atoms with Gasteiger partial charge in [-0.1, -0.05) is 36.4 Å². The van der Waals surface area contributed by atoms with E-state index in [0.717, 1.165) is 11.6 Å². The highest BCUT2D eigenvalue weighted by molar-refractivity contribution is 5.30. The Bertz CT molecular complexity index is 788. The fourth-order valence-electron chi connectivity index (χ4n) is 4.07. The number of hydrogen-bond donors (Lipinski definition) is 1. The second-order valence-electron chi connectivity index (χ2n) is 7.30. The quantitative estimate of drug-likeness (QED) is 0.865. The van der Waals surface area contributed by atoms with E-state index in [1.807, 2.05) is 37.3 Å². The molecule has 6 heteroatoms. The van der Waals surface area contributed by atoms with Crippen molar-refractivity contribution in [2.24, 2.45) is 5.92 Å². The smallest absolute Gasteiger partial charge is 0.131 e. The van der Waals surface area contributed by atoms with E-state index in [1.165, 1.54) is 12.1 Å². The molecule has 2 heterocycles. The zero-order chi connectivity index (χ0) is 18.9. The highest BCUT2D eigenvalue weighted by Gasteiger charge is 2.54. The van der Waals surface area contributed by atoms with Crippen molar-refractivity contribution in [2.45, 2.75) is 37.7 Å². The molecule has 4 rings (SSSR count). The Balaban J connectivity index is 1.44. The van der Waals surface area contributed by atoms with Crippen LogP contribution in [0, 0.1) is 17.6 Å². The van der Waals surface area contributed by atoms with Gasteiger partial charge in [0.05, 0.1) is 37.6 Å². The van der Waals surface area contributed by atoms with Crippen LogP contribution in [0.5, 0.6) is 0 Å². The Hall–Kier alpha value is -1.86. The summed E-state index contributed by atoms with van der Waals surface area (Å²) >= 11 is 0. The van der Waals surface area contributed by atoms with Gasteiger partial charge in [-0.15, -0.1) is 0 Å². The van der Waals surface area contributed by atoms with Crippen LogP contribution in [0.1, 0.15) is 24.5 Å². The maximum Gasteiger partial charge on any atom is 0.131 e. The molecule has 2 aliphatic heterocycles. The second-order valence-corrected chi connectivity index (χ2v) is 7.30. The Morgan fingerprint density at radius 1 is 1.19 bits per heavy atom. The van der Waals surface area contributed by atoms with E-state index in [9.17, 15) is 8.78 Å². The Morgan fingerprint density at radius 2 is 2.00 bits per heavy atom. The summed E-state index contributed by atoms with van der Waals surface area (Å²) in [6.07, 6.45) is 0.455. The van der Waals surface area contributed by atoms with Crippen molar-refractivity contribution in [3.63, 3.8) is 0 Å². The van der Waals surface area contributed by atoms with Crippen LogP contribution < -0.4 is 5.48 Å². The van der Waals surface area contributed by atoms with E-state index in [1.54, 1.807) is 0 Å². The first-order chi connectivity index (χ1) is 13.1. The Kier molecular flexibility index (Phi) is 5.23. The van der Waals surface area contributed by atoms with Gasteiger partial charge in [0.1, 0.15) is 11.6 Å². The molecule has 0 unspecified atom stereocenters. The van der Waals surface area contributed by atoms with E-state index in [2.05, 4.69) is 5.48 Å². The summed E-state index contributed by atoms with van der Waals surface area (Å²) in [6.45, 7) is 3.17. The highest BCUT2D eigenvalue weighted by Crippen LogP contribution is 2.45. The molecule has 0 saturated carbocycles. The summed E-state index contributed by atoms with van der Waals surface area (Å²) in [7, 11) is 0. The van der Waals surface area contributed by atoms with Gasteiger partial charge < -0.3 is 9.47 Å². The van der Waals surface area contributed by atoms with Crippen molar-refractivity contribution in [1.29, 1.82) is 0 Å². The number of rotatable bonds is 5. The van der Waals surface area contributed by atoms with Gasteiger partial charge in [0.15, 0.2) is 0 Å². The van der Waals surface area contributed by atoms with Crippen molar-refractivity contribution in [1.82, 2.24) is 5.48 Å². The van der Waals surface area contributed by atoms with Crippen LogP contribution in [-0.2, 0) is 26.5 Å². The molecule has 2 aromatic rings. The fourth-order valence-corrected chi connectivity index (χ4v) is 4.07. The van der Waals surface area contributed by atoms with E-state index >= 15 is 0 Å². The summed E-state index contributed by atoms with van der Waals surface area (Å²) in [6, 6.07) is 13.6. The maximum atomic E-state index is 14.5. The Labute approximate surface area is 157 Å². The lowest BCUT2D eigenvalue weighted by atomic mass is 9.73. The zero-order valence-corrected chi connectivity index (χ0v) is 15.2. The molecule has 4 nitrogen and oxygen atoms in total. The average Bonchev–Trinajstić information content (AvgIpc) is 3.00. The van der Waals surface area contributed by atoms with Crippen LogP contribution >= 0.6 is 0 Å². The van der Waals surface area contributed by atoms with E-state index in [-0.39, 0.29) is 24.7 Å². The summed E-state index contributed by atoms with van der Waals surface area (Å²) in [5.74, 6) is -1.19. The number of halogens is 2. The molecule has 2 aromatic carbocycles. The lowest BCUT2D eigenvalue weighted by Gasteiger charge is -2.42. The van der Waals surface area contributed by atoms with Crippen molar-refractivity contribution in [3.05, 3.63) is 71.3 Å². The monoisotopic (exact) mass is 375 g/mol. The highest BCUT2D eigenvalue weighted by atomic mass is 19.1. The van der Waals surface area contributed by atoms with Gasteiger partial charge in [-0.3, -0.25) is 4.84 Å². The van der Waals surface area contributed by atoms with E-state index in [4.69, 9.17) is 14.3 Å². The van der Waals surface area contributed by atoms with Gasteiger partial charge in [0.2, 0.25) is 0 Å². The first-order valence-corrected chi connectivity index (χ1v) is 9.20. The molecule has 0 bridgehead atoms. The number of fused-ring (bicyclic) bond motifs is 1. The molecular formula is C21H23F2NO3. The van der Waals surface area contributed by atoms with E-state index in [0.29, 0.717) is 25.2 Å². The number of nitrogens with one attached hydrogen (secondary N) is 1. The molecule has 2 aliphatic rings. The second kappa shape index (κ2) is 7.64. The molecule has 0 spiro atoms. The summed E-state index contributed by atoms with van der Waals surface area (Å²) < 4.78 is 39.6. The van der Waals surface area contributed by atoms with Crippen molar-refractivity contribution >= 4 is 0 Å². The minimum absolute atomic E-state index is 0.00321. The molecule has 4 atom stereocenters. The number of benzene rings is 2. The molecule has 144 valence electrons. The summed E-state index contributed by atoms with van der Waals surface area (Å²) in [5, 5.41) is 0. The molecule has 1 N–H and O–H groups in total. The number of hydroxylamine groups is 1. The summed E-state index contributed by atoms with van der Waals surface area (Å²) in [5.41, 5.74) is 3.64. The van der Waals surface area contributed by atoms with Crippen LogP contribution in [0.4, 0.5) is 8.78 Å². The average molecular weight is 375 g/mol. The number of hydrogen-bond acceptors (Lipinski definition) is 4. The largest absolute Gasteiger partial charge is 0.374 e. The predicted molar refractivity (Wildman–Crippen MR) is 95.7 cm³/mol. The third-order valence-electron chi connectivity index (χ3n) is 5.52. The fraction of sp³-hybridized carbons (Fsp3) is 0.429. The predicted octanol–water partition coefficient (Wildman–Crippen LogP) is 3.71. The molecule has 0 aromatic heterocycles. The SMILES string of the molecule is C[C@@H]1ON[C@@]2(c3ccc(F)cc3F)CO[C@@H](COCc3ccccc3)C[C@@H]12. The van der Waals surface area contributed by atoms with Gasteiger partial charge in [-0.05, 0) is 25.0 Å². The standard InChI is InChI=1S/C21H23F2NO3/c1-14-19-10-17(12-25-11-15-5-3-2-4-6-15)26-13-21(19,24-27-14)18-8-7-16(22)9-20(18)23/h2-9,14,17,19,24H,10-13H2,1H3/t14-,17+,19-,21+/m0/s1. The van der Waals surface area contributed by atoms with Gasteiger partial charge in [-0.2, -0.15) is 5.48 Å².